The minimum Gasteiger partial charge on any atom is -0.493 e. The third-order valence-corrected chi connectivity index (χ3v) is 7.99. The number of morpholine rings is 1. The number of nitrogens with zero attached hydrogens (tertiary/aromatic N) is 3. The maximum atomic E-state index is 13.0. The van der Waals surface area contributed by atoms with Gasteiger partial charge in [-0.1, -0.05) is 35.3 Å². The second-order valence-corrected chi connectivity index (χ2v) is 10.8. The summed E-state index contributed by atoms with van der Waals surface area (Å²) in [5, 5.41) is 1.73. The lowest BCUT2D eigenvalue weighted by Crippen LogP contribution is -2.36. The van der Waals surface area contributed by atoms with Gasteiger partial charge in [-0.05, 0) is 71.9 Å². The molecular weight excluding hydrogens is 557 g/mol. The van der Waals surface area contributed by atoms with Crippen LogP contribution in [0.25, 0.3) is 6.08 Å². The van der Waals surface area contributed by atoms with Crippen LogP contribution in [0.1, 0.15) is 11.1 Å². The molecule has 2 aliphatic rings. The number of carbonyl (C=O) groups excluding carboxylic acids is 1. The van der Waals surface area contributed by atoms with Gasteiger partial charge < -0.3 is 19.1 Å². The Morgan fingerprint density at radius 3 is 2.51 bits per heavy atom. The molecule has 2 saturated heterocycles. The summed E-state index contributed by atoms with van der Waals surface area (Å²) in [4.78, 5) is 22.1. The van der Waals surface area contributed by atoms with Crippen LogP contribution in [0.15, 0.2) is 70.6 Å². The van der Waals surface area contributed by atoms with Gasteiger partial charge in [-0.2, -0.15) is 0 Å². The van der Waals surface area contributed by atoms with E-state index in [4.69, 9.17) is 42.4 Å². The number of amidine groups is 1. The molecule has 0 radical (unpaired) electrons. The van der Waals surface area contributed by atoms with Crippen molar-refractivity contribution in [2.45, 2.75) is 6.61 Å². The van der Waals surface area contributed by atoms with Crippen LogP contribution in [-0.4, -0.2) is 56.4 Å². The maximum Gasteiger partial charge on any atom is 0.266 e. The minimum atomic E-state index is -0.111. The molecule has 0 N–H and O–H groups in total. The highest BCUT2D eigenvalue weighted by Crippen LogP contribution is 2.36. The number of ether oxygens (including phenoxy) is 3. The highest BCUT2D eigenvalue weighted by atomic mass is 35.5. The number of benzene rings is 3. The smallest absolute Gasteiger partial charge is 0.266 e. The number of carbonyl (C=O) groups is 1. The molecular formula is C29H27Cl2N3O4S. The van der Waals surface area contributed by atoms with E-state index in [0.717, 1.165) is 48.8 Å². The zero-order valence-electron chi connectivity index (χ0n) is 21.5. The molecule has 39 heavy (non-hydrogen) atoms. The Labute approximate surface area is 242 Å². The van der Waals surface area contributed by atoms with Crippen molar-refractivity contribution in [2.75, 3.05) is 45.4 Å². The average molecular weight is 585 g/mol. The first-order chi connectivity index (χ1) is 18.9. The van der Waals surface area contributed by atoms with E-state index >= 15 is 0 Å². The van der Waals surface area contributed by atoms with E-state index in [1.165, 1.54) is 11.8 Å². The Bertz CT molecular complexity index is 1420. The summed E-state index contributed by atoms with van der Waals surface area (Å²) in [5.41, 5.74) is 3.56. The zero-order valence-corrected chi connectivity index (χ0v) is 23.9. The normalized spacial score (nSPS) is 17.8. The van der Waals surface area contributed by atoms with Gasteiger partial charge in [-0.25, -0.2) is 4.99 Å². The van der Waals surface area contributed by atoms with Crippen molar-refractivity contribution in [3.8, 4) is 11.5 Å². The number of hydrogen-bond donors (Lipinski definition) is 0. The number of anilines is 1. The first-order valence-corrected chi connectivity index (χ1v) is 13.9. The summed E-state index contributed by atoms with van der Waals surface area (Å²) < 4.78 is 16.9. The summed E-state index contributed by atoms with van der Waals surface area (Å²) in [6.07, 6.45) is 1.83. The number of hydrogen-bond acceptors (Lipinski definition) is 7. The molecule has 0 unspecified atom stereocenters. The van der Waals surface area contributed by atoms with Gasteiger partial charge in [-0.3, -0.25) is 9.69 Å². The predicted molar refractivity (Wildman–Crippen MR) is 159 cm³/mol. The van der Waals surface area contributed by atoms with Crippen molar-refractivity contribution in [1.29, 1.82) is 0 Å². The van der Waals surface area contributed by atoms with Crippen LogP contribution in [-0.2, 0) is 16.1 Å². The van der Waals surface area contributed by atoms with Gasteiger partial charge in [0.25, 0.3) is 5.91 Å². The van der Waals surface area contributed by atoms with Crippen LogP contribution < -0.4 is 14.4 Å². The molecule has 10 heteroatoms. The Kier molecular flexibility index (Phi) is 8.67. The molecule has 2 aliphatic heterocycles. The molecule has 7 nitrogen and oxygen atoms in total. The van der Waals surface area contributed by atoms with Crippen LogP contribution in [0.5, 0.6) is 11.5 Å². The van der Waals surface area contributed by atoms with Gasteiger partial charge in [0, 0.05) is 41.4 Å². The summed E-state index contributed by atoms with van der Waals surface area (Å²) >= 11 is 13.6. The van der Waals surface area contributed by atoms with Gasteiger partial charge in [0.05, 0.1) is 30.9 Å². The number of likely N-dealkylation sites (N-methyl/N-ethyl adjacent to an activating group) is 1. The molecule has 0 aliphatic carbocycles. The summed E-state index contributed by atoms with van der Waals surface area (Å²) in [6, 6.07) is 18.9. The monoisotopic (exact) mass is 583 g/mol. The molecule has 3 aromatic carbocycles. The van der Waals surface area contributed by atoms with Gasteiger partial charge in [0.1, 0.15) is 6.61 Å². The zero-order chi connectivity index (χ0) is 27.4. The van der Waals surface area contributed by atoms with Crippen LogP contribution in [0.4, 0.5) is 11.4 Å². The molecule has 0 bridgehead atoms. The molecule has 0 spiro atoms. The van der Waals surface area contributed by atoms with Crippen molar-refractivity contribution in [2.24, 2.45) is 4.99 Å². The summed E-state index contributed by atoms with van der Waals surface area (Å²) in [6.45, 7) is 3.50. The lowest BCUT2D eigenvalue weighted by Gasteiger charge is -2.28. The lowest BCUT2D eigenvalue weighted by molar-refractivity contribution is -0.121. The topological polar surface area (TPSA) is 63.6 Å². The Hall–Kier alpha value is -3.17. The van der Waals surface area contributed by atoms with Crippen LogP contribution in [0.3, 0.4) is 0 Å². The highest BCUT2D eigenvalue weighted by molar-refractivity contribution is 8.18. The maximum absolute atomic E-state index is 13.0. The summed E-state index contributed by atoms with van der Waals surface area (Å²) in [7, 11) is 3.31. The van der Waals surface area contributed by atoms with Crippen LogP contribution >= 0.6 is 35.0 Å². The third kappa shape index (κ3) is 6.53. The van der Waals surface area contributed by atoms with Gasteiger partial charge in [0.2, 0.25) is 0 Å². The number of rotatable bonds is 7. The van der Waals surface area contributed by atoms with E-state index in [-0.39, 0.29) is 12.5 Å². The molecule has 2 heterocycles. The first kappa shape index (κ1) is 27.4. The molecule has 0 aromatic heterocycles. The number of aliphatic imine (C=N–C) groups is 1. The number of methoxy groups -OCH3 is 1. The SMILES string of the molecule is COc1cc(/C=C2\SC(=Nc3ccc(N4CCOCC4)cc3)N(C)C2=O)ccc1OCc1ccc(Cl)cc1Cl. The second-order valence-electron chi connectivity index (χ2n) is 8.92. The molecule has 0 saturated carbocycles. The fraction of sp³-hybridized carbons (Fsp3) is 0.241. The molecule has 3 aromatic rings. The Morgan fingerprint density at radius 1 is 1.03 bits per heavy atom. The van der Waals surface area contributed by atoms with Crippen molar-refractivity contribution in [3.05, 3.63) is 86.7 Å². The van der Waals surface area contributed by atoms with E-state index in [0.29, 0.717) is 31.6 Å². The van der Waals surface area contributed by atoms with E-state index < -0.39 is 0 Å². The van der Waals surface area contributed by atoms with Gasteiger partial charge in [-0.15, -0.1) is 0 Å². The standard InChI is InChI=1S/C29H27Cl2N3O4S/c1-33-28(35)27(39-29(33)32-22-6-8-23(9-7-22)34-11-13-37-14-12-34)16-19-3-10-25(26(15-19)36-2)38-18-20-4-5-21(30)17-24(20)31/h3-10,15-17H,11-14,18H2,1-2H3/b27-16-,32-29?. The van der Waals surface area contributed by atoms with E-state index in [1.807, 2.05) is 42.5 Å². The highest BCUT2D eigenvalue weighted by Gasteiger charge is 2.30. The number of halogens is 2. The third-order valence-electron chi connectivity index (χ3n) is 6.34. The molecule has 5 rings (SSSR count). The molecule has 1 amide bonds. The van der Waals surface area contributed by atoms with Crippen molar-refractivity contribution >= 4 is 63.5 Å². The van der Waals surface area contributed by atoms with E-state index in [1.54, 1.807) is 31.2 Å². The molecule has 202 valence electrons. The predicted octanol–water partition coefficient (Wildman–Crippen LogP) is 6.65. The Morgan fingerprint density at radius 2 is 1.79 bits per heavy atom. The van der Waals surface area contributed by atoms with Crippen LogP contribution in [0.2, 0.25) is 10.0 Å². The number of amides is 1. The number of thioether (sulfide) groups is 1. The Balaban J connectivity index is 1.28. The van der Waals surface area contributed by atoms with Crippen LogP contribution in [0, 0.1) is 0 Å². The van der Waals surface area contributed by atoms with Crippen molar-refractivity contribution < 1.29 is 19.0 Å². The fourth-order valence-corrected chi connectivity index (χ4v) is 5.61. The van der Waals surface area contributed by atoms with Gasteiger partial charge in [0.15, 0.2) is 16.7 Å². The summed E-state index contributed by atoms with van der Waals surface area (Å²) in [5.74, 6) is 1.00. The van der Waals surface area contributed by atoms with E-state index in [9.17, 15) is 4.79 Å². The molecule has 2 fully saturated rings. The van der Waals surface area contributed by atoms with Gasteiger partial charge >= 0.3 is 0 Å². The van der Waals surface area contributed by atoms with Crippen molar-refractivity contribution in [3.63, 3.8) is 0 Å². The average Bonchev–Trinajstić information content (AvgIpc) is 3.21. The second kappa shape index (κ2) is 12.3. The van der Waals surface area contributed by atoms with E-state index in [2.05, 4.69) is 17.0 Å². The first-order valence-electron chi connectivity index (χ1n) is 12.3. The largest absolute Gasteiger partial charge is 0.493 e. The molecule has 0 atom stereocenters. The quantitative estimate of drug-likeness (QED) is 0.290. The minimum absolute atomic E-state index is 0.111. The fourth-order valence-electron chi connectivity index (χ4n) is 4.16. The van der Waals surface area contributed by atoms with Crippen molar-refractivity contribution in [1.82, 2.24) is 4.90 Å². The lowest BCUT2D eigenvalue weighted by atomic mass is 10.2.